The summed E-state index contributed by atoms with van der Waals surface area (Å²) in [6.07, 6.45) is 24.1. The van der Waals surface area contributed by atoms with Crippen LogP contribution in [0.1, 0.15) is 228 Å². The van der Waals surface area contributed by atoms with Crippen LogP contribution < -0.4 is 0 Å². The van der Waals surface area contributed by atoms with Gasteiger partial charge in [-0.05, 0) is 193 Å². The standard InChI is InChI=1S/C88H108N8O6S5/c1-9-17-25-27-29-57-35-42-103-78(57)74-33-31-72(104-74)73-32-34-75(105-73)79-58(30-28-26-18-10-2)49-76(106-79)77-50-71-80(107-77)88-95-86-70-48-64(56-102-41-24-16-8)63(55-101-40-23-15-7)47-69(70)84(93-86)91-82-66-44-60(52-98-37-20-12-4)59(51-97-36-19-11-3)43-65(66)81(89-82)90-83-67-45-61(53-99-38-21-13-5)62(54-100-39-22-14-6)46-68(67)85(92-83)94-87(71)96-88/h31-35,42-50H,9-30,36-41,51-56H2,1-8H3,(H2,89,90,91,92,93,94,95,96). The van der Waals surface area contributed by atoms with Crippen molar-refractivity contribution >= 4 is 101 Å². The Balaban J connectivity index is 1.02. The molecule has 107 heavy (non-hydrogen) atoms. The molecule has 0 saturated carbocycles. The molecule has 10 heterocycles. The highest BCUT2D eigenvalue weighted by Gasteiger charge is 2.29. The highest BCUT2D eigenvalue weighted by molar-refractivity contribution is 7.30. The van der Waals surface area contributed by atoms with Gasteiger partial charge in [-0.1, -0.05) is 132 Å². The summed E-state index contributed by atoms with van der Waals surface area (Å²) in [6, 6.07) is 29.9. The largest absolute Gasteiger partial charge is 0.377 e. The van der Waals surface area contributed by atoms with Crippen LogP contribution in [-0.4, -0.2) is 79.5 Å². The Morgan fingerprint density at radius 3 is 1.04 bits per heavy atom. The van der Waals surface area contributed by atoms with Gasteiger partial charge in [0.05, 0.1) is 44.5 Å². The van der Waals surface area contributed by atoms with Gasteiger partial charge in [0.15, 0.2) is 23.3 Å². The van der Waals surface area contributed by atoms with Gasteiger partial charge in [-0.3, -0.25) is 0 Å². The van der Waals surface area contributed by atoms with Gasteiger partial charge in [-0.25, -0.2) is 29.9 Å². The number of benzene rings is 3. The van der Waals surface area contributed by atoms with Crippen molar-refractivity contribution in [3.63, 3.8) is 0 Å². The van der Waals surface area contributed by atoms with E-state index in [1.54, 1.807) is 11.3 Å². The van der Waals surface area contributed by atoms with Gasteiger partial charge >= 0.3 is 0 Å². The van der Waals surface area contributed by atoms with Crippen LogP contribution in [-0.2, 0) is 80.9 Å². The van der Waals surface area contributed by atoms with Crippen LogP contribution in [0.4, 0.5) is 0 Å². The van der Waals surface area contributed by atoms with E-state index < -0.39 is 0 Å². The number of nitrogens with one attached hydrogen (secondary N) is 2. The number of unbranched alkanes of at least 4 members (excludes halogenated alkanes) is 12. The number of thiophene rings is 5. The average molecular weight is 1530 g/mol. The maximum Gasteiger partial charge on any atom is 0.174 e. The summed E-state index contributed by atoms with van der Waals surface area (Å²) >= 11 is 9.39. The summed E-state index contributed by atoms with van der Waals surface area (Å²) in [5.41, 5.74) is 14.2. The Morgan fingerprint density at radius 2 is 0.617 bits per heavy atom. The van der Waals surface area contributed by atoms with Gasteiger partial charge in [0, 0.05) is 117 Å². The van der Waals surface area contributed by atoms with Crippen LogP contribution in [0.25, 0.3) is 128 Å². The number of hydrogen-bond donors (Lipinski definition) is 2. The molecule has 19 heteroatoms. The van der Waals surface area contributed by atoms with E-state index in [9.17, 15) is 0 Å². The Bertz CT molecular complexity index is 4710. The Kier molecular flexibility index (Phi) is 28.8. The number of ether oxygens (including phenoxy) is 6. The molecule has 0 unspecified atom stereocenters. The lowest BCUT2D eigenvalue weighted by Gasteiger charge is -2.13. The van der Waals surface area contributed by atoms with Gasteiger partial charge in [-0.15, -0.1) is 56.7 Å². The summed E-state index contributed by atoms with van der Waals surface area (Å²) in [5, 5.41) is 5.84. The minimum atomic E-state index is 0.419. The van der Waals surface area contributed by atoms with Gasteiger partial charge in [0.2, 0.25) is 0 Å². The third kappa shape index (κ3) is 19.2. The molecule has 0 saturated heterocycles. The maximum absolute atomic E-state index is 6.48. The van der Waals surface area contributed by atoms with E-state index >= 15 is 0 Å². The number of fused-ring (bicyclic) bond motifs is 20. The van der Waals surface area contributed by atoms with E-state index in [2.05, 4.69) is 150 Å². The van der Waals surface area contributed by atoms with E-state index in [0.717, 1.165) is 178 Å². The zero-order valence-electron chi connectivity index (χ0n) is 64.3. The van der Waals surface area contributed by atoms with E-state index in [0.29, 0.717) is 125 Å². The van der Waals surface area contributed by atoms with Crippen molar-refractivity contribution < 1.29 is 28.4 Å². The van der Waals surface area contributed by atoms with E-state index in [-0.39, 0.29) is 0 Å². The Labute approximate surface area is 653 Å². The number of nitrogens with zero attached hydrogens (tertiary/aromatic N) is 6. The summed E-state index contributed by atoms with van der Waals surface area (Å²) in [5.74, 6) is 2.18. The SMILES string of the molecule is CCCCCCc1ccsc1-c1ccc(-c2ccc(-c3sc(-c4cc5c(s4)-c4nc-5nc5[nH]c(nc6nc(nc7[nH]c(n4)c4cc(COCCCC)c(COCCCC)cc74)-c4cc(COCCCC)c(COCCCC)cc4-6)c4cc(COCCCC)c(COCCCC)cc54)cc3CCCCCC)s2)s1. The fourth-order valence-corrected chi connectivity index (χ4v) is 19.6. The van der Waals surface area contributed by atoms with Crippen LogP contribution in [0.15, 0.2) is 84.2 Å². The molecule has 8 aromatic heterocycles. The summed E-state index contributed by atoms with van der Waals surface area (Å²) in [7, 11) is 0. The predicted molar refractivity (Wildman–Crippen MR) is 450 cm³/mol. The molecule has 14 nitrogen and oxygen atoms in total. The van der Waals surface area contributed by atoms with Crippen LogP contribution in [0.3, 0.4) is 0 Å². The zero-order chi connectivity index (χ0) is 73.9. The number of rotatable bonds is 44. The highest BCUT2D eigenvalue weighted by Crippen LogP contribution is 2.51. The molecule has 566 valence electrons. The summed E-state index contributed by atoms with van der Waals surface area (Å²) in [4.78, 5) is 52.8. The lowest BCUT2D eigenvalue weighted by atomic mass is 9.99. The first-order chi connectivity index (χ1) is 52.7. The molecule has 0 aliphatic carbocycles. The van der Waals surface area contributed by atoms with Crippen molar-refractivity contribution in [2.75, 3.05) is 39.6 Å². The van der Waals surface area contributed by atoms with Crippen LogP contribution in [0.5, 0.6) is 0 Å². The lowest BCUT2D eigenvalue weighted by molar-refractivity contribution is 0.104. The third-order valence-electron chi connectivity index (χ3n) is 20.2. The first-order valence-electron chi connectivity index (χ1n) is 40.0. The van der Waals surface area contributed by atoms with Gasteiger partial charge < -0.3 is 38.4 Å². The van der Waals surface area contributed by atoms with Gasteiger partial charge in [0.25, 0.3) is 0 Å². The molecule has 0 spiro atoms. The first-order valence-corrected chi connectivity index (χ1v) is 44.2. The molecule has 13 rings (SSSR count). The first kappa shape index (κ1) is 78.4. The predicted octanol–water partition coefficient (Wildman–Crippen LogP) is 26.0. The molecular weight excluding hydrogens is 1430 g/mol. The Hall–Kier alpha value is -6.72. The second-order valence-corrected chi connectivity index (χ2v) is 33.8. The van der Waals surface area contributed by atoms with E-state index in [1.807, 2.05) is 45.3 Å². The van der Waals surface area contributed by atoms with Crippen LogP contribution in [0, 0.1) is 0 Å². The number of aromatic nitrogens is 8. The topological polar surface area (TPSA) is 164 Å². The molecule has 8 bridgehead atoms. The molecule has 2 aliphatic rings. The minimum absolute atomic E-state index is 0.419. The fraction of sp³-hybridized carbons (Fsp3) is 0.477. The van der Waals surface area contributed by atoms with Crippen molar-refractivity contribution in [2.24, 2.45) is 0 Å². The molecule has 3 aromatic carbocycles. The fourth-order valence-electron chi connectivity index (χ4n) is 13.8. The van der Waals surface area contributed by atoms with Crippen LogP contribution in [0.2, 0.25) is 0 Å². The van der Waals surface area contributed by atoms with Gasteiger partial charge in [0.1, 0.15) is 22.6 Å². The minimum Gasteiger partial charge on any atom is -0.377 e. The lowest BCUT2D eigenvalue weighted by Crippen LogP contribution is -2.04. The quantitative estimate of drug-likeness (QED) is 0.0348. The van der Waals surface area contributed by atoms with Gasteiger partial charge in [-0.2, -0.15) is 0 Å². The van der Waals surface area contributed by atoms with E-state index in [1.165, 1.54) is 90.2 Å². The second kappa shape index (κ2) is 39.3. The van der Waals surface area contributed by atoms with Crippen molar-refractivity contribution in [1.29, 1.82) is 0 Å². The van der Waals surface area contributed by atoms with Crippen molar-refractivity contribution in [2.45, 2.75) is 236 Å². The highest BCUT2D eigenvalue weighted by atomic mass is 32.1. The molecule has 0 atom stereocenters. The summed E-state index contributed by atoms with van der Waals surface area (Å²) in [6.45, 7) is 24.2. The Morgan fingerprint density at radius 1 is 0.271 bits per heavy atom. The average Bonchev–Trinajstić information content (AvgIpc) is 1.59. The zero-order valence-corrected chi connectivity index (χ0v) is 68.4. The number of H-pyrrole nitrogens is 2. The smallest absolute Gasteiger partial charge is 0.174 e. The normalized spacial score (nSPS) is 12.1. The molecule has 0 radical (unpaired) electrons. The molecule has 2 aliphatic heterocycles. The van der Waals surface area contributed by atoms with Crippen molar-refractivity contribution in [1.82, 2.24) is 39.9 Å². The molecular formula is C88H108N8O6S5. The van der Waals surface area contributed by atoms with E-state index in [4.69, 9.17) is 58.3 Å². The third-order valence-corrected chi connectivity index (χ3v) is 26.4. The number of aromatic amines is 2. The second-order valence-electron chi connectivity index (χ2n) is 28.6. The van der Waals surface area contributed by atoms with Crippen molar-refractivity contribution in [3.8, 4) is 83.9 Å². The summed E-state index contributed by atoms with van der Waals surface area (Å²) < 4.78 is 38.8. The molecule has 0 fully saturated rings. The molecule has 11 aromatic rings. The number of hydrogen-bond acceptors (Lipinski definition) is 17. The number of aryl methyl sites for hydroxylation is 2. The monoisotopic (exact) mass is 1530 g/mol. The maximum atomic E-state index is 6.48. The molecule has 0 amide bonds. The molecule has 2 N–H and O–H groups in total. The van der Waals surface area contributed by atoms with Crippen LogP contribution >= 0.6 is 56.7 Å². The van der Waals surface area contributed by atoms with Crippen molar-refractivity contribution in [3.05, 3.63) is 129 Å².